The van der Waals surface area contributed by atoms with Crippen molar-refractivity contribution in [2.45, 2.75) is 33.6 Å². The summed E-state index contributed by atoms with van der Waals surface area (Å²) in [4.78, 5) is 13.1. The smallest absolute Gasteiger partial charge is 0.311 e. The van der Waals surface area contributed by atoms with Crippen LogP contribution < -0.4 is 0 Å². The molecule has 0 saturated heterocycles. The topological polar surface area (TPSA) is 37.4 Å². The van der Waals surface area contributed by atoms with Crippen molar-refractivity contribution >= 4 is 16.0 Å². The lowest BCUT2D eigenvalue weighted by Crippen LogP contribution is -2.33. The Labute approximate surface area is 83.0 Å². The van der Waals surface area contributed by atoms with Gasteiger partial charge in [0.15, 0.2) is 0 Å². The molecule has 0 aromatic heterocycles. The molecule has 0 saturated carbocycles. The maximum absolute atomic E-state index is 11.4. The number of hydrogen-bond acceptors (Lipinski definition) is 2. The first-order valence-corrected chi connectivity index (χ1v) is 6.16. The Bertz CT molecular complexity index is 178. The van der Waals surface area contributed by atoms with Gasteiger partial charge in [-0.2, -0.15) is 0 Å². The molecule has 1 amide bonds. The lowest BCUT2D eigenvalue weighted by atomic mass is 10.4. The van der Waals surface area contributed by atoms with Crippen LogP contribution in [0.4, 0.5) is 4.79 Å². The molecule has 78 valence electrons. The molecule has 0 spiro atoms. The highest BCUT2D eigenvalue weighted by Crippen LogP contribution is 2.00. The minimum absolute atomic E-state index is 0.210. The van der Waals surface area contributed by atoms with E-state index in [1.165, 1.54) is 0 Å². The monoisotopic (exact) mass is 205 g/mol. The van der Waals surface area contributed by atoms with E-state index >= 15 is 0 Å². The predicted octanol–water partition coefficient (Wildman–Crippen LogP) is 2.00. The van der Waals surface area contributed by atoms with Crippen LogP contribution in [0.2, 0.25) is 0 Å². The molecular weight excluding hydrogens is 186 g/mol. The Morgan fingerprint density at radius 2 is 1.77 bits per heavy atom. The standard InChI is InChI=1S/C9H19NO2S/c1-4-7-8-13(12)9(11)10(5-2)6-3/h4-8H2,1-3H3. The van der Waals surface area contributed by atoms with Gasteiger partial charge < -0.3 is 4.90 Å². The number of unbranched alkanes of at least 4 members (excludes halogenated alkanes) is 1. The van der Waals surface area contributed by atoms with Crippen molar-refractivity contribution in [3.8, 4) is 0 Å². The molecule has 4 heteroatoms. The largest absolute Gasteiger partial charge is 0.332 e. The Kier molecular flexibility index (Phi) is 6.86. The van der Waals surface area contributed by atoms with Gasteiger partial charge in [0.05, 0.1) is 0 Å². The molecule has 13 heavy (non-hydrogen) atoms. The molecule has 0 radical (unpaired) electrons. The SMILES string of the molecule is CCCCS(=O)C(=O)N(CC)CC. The van der Waals surface area contributed by atoms with Crippen LogP contribution in [-0.2, 0) is 10.8 Å². The maximum Gasteiger partial charge on any atom is 0.311 e. The quantitative estimate of drug-likeness (QED) is 0.688. The van der Waals surface area contributed by atoms with Gasteiger partial charge in [-0.25, -0.2) is 4.21 Å². The molecule has 0 N–H and O–H groups in total. The van der Waals surface area contributed by atoms with E-state index in [2.05, 4.69) is 0 Å². The molecule has 1 unspecified atom stereocenters. The van der Waals surface area contributed by atoms with Gasteiger partial charge >= 0.3 is 5.24 Å². The third kappa shape index (κ3) is 4.41. The highest BCUT2D eigenvalue weighted by molar-refractivity contribution is 8.00. The van der Waals surface area contributed by atoms with Crippen molar-refractivity contribution in [1.82, 2.24) is 4.90 Å². The predicted molar refractivity (Wildman–Crippen MR) is 56.2 cm³/mol. The fourth-order valence-electron chi connectivity index (χ4n) is 0.989. The van der Waals surface area contributed by atoms with Crippen LogP contribution in [-0.4, -0.2) is 33.2 Å². The second-order valence-corrected chi connectivity index (χ2v) is 4.29. The van der Waals surface area contributed by atoms with Crippen LogP contribution in [0, 0.1) is 0 Å². The summed E-state index contributed by atoms with van der Waals surface area (Å²) in [5.41, 5.74) is 0. The molecular formula is C9H19NO2S. The Morgan fingerprint density at radius 1 is 1.23 bits per heavy atom. The molecule has 0 aliphatic carbocycles. The zero-order chi connectivity index (χ0) is 10.3. The van der Waals surface area contributed by atoms with Crippen molar-refractivity contribution in [2.24, 2.45) is 0 Å². The van der Waals surface area contributed by atoms with E-state index in [0.717, 1.165) is 12.8 Å². The van der Waals surface area contributed by atoms with Gasteiger partial charge in [0.1, 0.15) is 10.8 Å². The zero-order valence-corrected chi connectivity index (χ0v) is 9.52. The summed E-state index contributed by atoms with van der Waals surface area (Å²) in [6, 6.07) is 0. The Morgan fingerprint density at radius 3 is 2.15 bits per heavy atom. The first-order chi connectivity index (χ1) is 6.17. The first-order valence-electron chi connectivity index (χ1n) is 4.84. The van der Waals surface area contributed by atoms with Gasteiger partial charge in [-0.3, -0.25) is 4.79 Å². The number of carbonyl (C=O) groups is 1. The fourth-order valence-corrected chi connectivity index (χ4v) is 2.26. The number of amides is 1. The molecule has 0 aliphatic heterocycles. The molecule has 0 fully saturated rings. The number of hydrogen-bond donors (Lipinski definition) is 0. The van der Waals surface area contributed by atoms with Gasteiger partial charge in [-0.15, -0.1) is 0 Å². The molecule has 0 rings (SSSR count). The normalized spacial score (nSPS) is 12.5. The minimum Gasteiger partial charge on any atom is -0.332 e. The highest BCUT2D eigenvalue weighted by atomic mass is 32.2. The summed E-state index contributed by atoms with van der Waals surface area (Å²) in [5.74, 6) is 0.506. The first kappa shape index (κ1) is 12.6. The van der Waals surface area contributed by atoms with Crippen molar-refractivity contribution in [1.29, 1.82) is 0 Å². The lowest BCUT2D eigenvalue weighted by Gasteiger charge is -2.17. The lowest BCUT2D eigenvalue weighted by molar-refractivity contribution is 0.227. The van der Waals surface area contributed by atoms with E-state index in [-0.39, 0.29) is 5.24 Å². The third-order valence-electron chi connectivity index (χ3n) is 1.90. The zero-order valence-electron chi connectivity index (χ0n) is 8.71. The second kappa shape index (κ2) is 7.06. The van der Waals surface area contributed by atoms with Gasteiger partial charge in [0.25, 0.3) is 0 Å². The third-order valence-corrected chi connectivity index (χ3v) is 3.21. The average molecular weight is 205 g/mol. The second-order valence-electron chi connectivity index (χ2n) is 2.84. The van der Waals surface area contributed by atoms with Crippen LogP contribution in [0.25, 0.3) is 0 Å². The summed E-state index contributed by atoms with van der Waals surface area (Å²) in [5, 5.41) is -0.210. The minimum atomic E-state index is -1.31. The van der Waals surface area contributed by atoms with Gasteiger partial charge in [0, 0.05) is 18.8 Å². The molecule has 0 aliphatic rings. The van der Waals surface area contributed by atoms with E-state index in [4.69, 9.17) is 0 Å². The van der Waals surface area contributed by atoms with Crippen molar-refractivity contribution in [2.75, 3.05) is 18.8 Å². The van der Waals surface area contributed by atoms with Crippen LogP contribution in [0.5, 0.6) is 0 Å². The Hall–Kier alpha value is -0.380. The number of carbonyl (C=O) groups excluding carboxylic acids is 1. The fraction of sp³-hybridized carbons (Fsp3) is 0.889. The van der Waals surface area contributed by atoms with Crippen LogP contribution in [0.1, 0.15) is 33.6 Å². The molecule has 0 bridgehead atoms. The summed E-state index contributed by atoms with van der Waals surface area (Å²) in [7, 11) is -1.31. The molecule has 0 heterocycles. The van der Waals surface area contributed by atoms with Crippen LogP contribution >= 0.6 is 0 Å². The van der Waals surface area contributed by atoms with E-state index in [1.807, 2.05) is 20.8 Å². The van der Waals surface area contributed by atoms with Gasteiger partial charge in [-0.1, -0.05) is 13.3 Å². The summed E-state index contributed by atoms with van der Waals surface area (Å²) in [6.45, 7) is 7.12. The average Bonchev–Trinajstić information content (AvgIpc) is 2.15. The molecule has 0 aromatic rings. The van der Waals surface area contributed by atoms with Gasteiger partial charge in [0.2, 0.25) is 0 Å². The van der Waals surface area contributed by atoms with E-state index in [0.29, 0.717) is 18.8 Å². The summed E-state index contributed by atoms with van der Waals surface area (Å²) in [6.07, 6.45) is 1.84. The van der Waals surface area contributed by atoms with E-state index in [9.17, 15) is 9.00 Å². The highest BCUT2D eigenvalue weighted by Gasteiger charge is 2.16. The van der Waals surface area contributed by atoms with Crippen molar-refractivity contribution in [3.63, 3.8) is 0 Å². The van der Waals surface area contributed by atoms with E-state index in [1.54, 1.807) is 4.90 Å². The Balaban J connectivity index is 4.00. The molecule has 1 atom stereocenters. The number of rotatable bonds is 5. The molecule has 0 aromatic carbocycles. The number of nitrogens with zero attached hydrogens (tertiary/aromatic N) is 1. The van der Waals surface area contributed by atoms with Gasteiger partial charge in [-0.05, 0) is 20.3 Å². The molecule has 3 nitrogen and oxygen atoms in total. The summed E-state index contributed by atoms with van der Waals surface area (Å²) < 4.78 is 11.4. The van der Waals surface area contributed by atoms with Crippen molar-refractivity contribution < 1.29 is 9.00 Å². The van der Waals surface area contributed by atoms with Crippen molar-refractivity contribution in [3.05, 3.63) is 0 Å². The summed E-state index contributed by atoms with van der Waals surface area (Å²) >= 11 is 0. The van der Waals surface area contributed by atoms with Crippen LogP contribution in [0.3, 0.4) is 0 Å². The van der Waals surface area contributed by atoms with E-state index < -0.39 is 10.8 Å². The van der Waals surface area contributed by atoms with Crippen LogP contribution in [0.15, 0.2) is 0 Å². The maximum atomic E-state index is 11.4.